The normalized spacial score (nSPS) is 10.4. The lowest BCUT2D eigenvalue weighted by atomic mass is 10.5. The number of halogens is 1. The molecule has 0 N–H and O–H groups in total. The van der Waals surface area contributed by atoms with Gasteiger partial charge in [-0.05, 0) is 25.4 Å². The largest absolute Gasteiger partial charge is 0.462 e. The Labute approximate surface area is 92.4 Å². The van der Waals surface area contributed by atoms with Crippen molar-refractivity contribution in [2.24, 2.45) is 0 Å². The van der Waals surface area contributed by atoms with E-state index in [-0.39, 0.29) is 23.9 Å². The van der Waals surface area contributed by atoms with Crippen molar-refractivity contribution in [3.8, 4) is 6.01 Å². The van der Waals surface area contributed by atoms with E-state index in [1.54, 1.807) is 6.08 Å². The van der Waals surface area contributed by atoms with Crippen LogP contribution in [0.2, 0.25) is 5.28 Å². The summed E-state index contributed by atoms with van der Waals surface area (Å²) in [4.78, 5) is 18.8. The van der Waals surface area contributed by atoms with Gasteiger partial charge in [-0.2, -0.15) is 9.97 Å². The molecule has 0 aliphatic rings. The predicted molar refractivity (Wildman–Crippen MR) is 57.3 cm³/mol. The molecule has 0 radical (unpaired) electrons. The fourth-order valence-corrected chi connectivity index (χ4v) is 1.12. The zero-order chi connectivity index (χ0) is 11.4. The van der Waals surface area contributed by atoms with E-state index in [4.69, 9.17) is 16.3 Å². The third-order valence-electron chi connectivity index (χ3n) is 1.49. The number of aromatic nitrogens is 3. The fraction of sp³-hybridized carbons (Fsp3) is 0.444. The number of rotatable bonds is 4. The fourth-order valence-electron chi connectivity index (χ4n) is 0.971. The molecule has 5 nitrogen and oxygen atoms in total. The second kappa shape index (κ2) is 4.93. The van der Waals surface area contributed by atoms with Crippen LogP contribution >= 0.6 is 11.6 Å². The SMILES string of the molecule is C=CCn1c(OC(C)C)nc(Cl)nc1=O. The van der Waals surface area contributed by atoms with Crippen molar-refractivity contribution in [3.63, 3.8) is 0 Å². The molecule has 0 saturated carbocycles. The topological polar surface area (TPSA) is 57.0 Å². The van der Waals surface area contributed by atoms with Gasteiger partial charge >= 0.3 is 11.7 Å². The Hall–Kier alpha value is -1.36. The highest BCUT2D eigenvalue weighted by atomic mass is 35.5. The van der Waals surface area contributed by atoms with Crippen LogP contribution < -0.4 is 10.4 Å². The van der Waals surface area contributed by atoms with Gasteiger partial charge in [0.15, 0.2) is 0 Å². The highest BCUT2D eigenvalue weighted by molar-refractivity contribution is 6.28. The van der Waals surface area contributed by atoms with Crippen molar-refractivity contribution < 1.29 is 4.74 Å². The predicted octanol–water partition coefficient (Wildman–Crippen LogP) is 1.26. The number of ether oxygens (including phenoxy) is 1. The molecule has 1 rings (SSSR count). The van der Waals surface area contributed by atoms with Crippen molar-refractivity contribution in [1.82, 2.24) is 14.5 Å². The summed E-state index contributed by atoms with van der Waals surface area (Å²) in [5, 5.41) is -0.115. The molecule has 0 saturated heterocycles. The maximum absolute atomic E-state index is 11.4. The van der Waals surface area contributed by atoms with Crippen molar-refractivity contribution in [2.45, 2.75) is 26.5 Å². The first kappa shape index (κ1) is 11.7. The Kier molecular flexibility index (Phi) is 3.85. The van der Waals surface area contributed by atoms with Gasteiger partial charge < -0.3 is 4.74 Å². The number of hydrogen-bond donors (Lipinski definition) is 0. The van der Waals surface area contributed by atoms with Crippen LogP contribution in [0.15, 0.2) is 17.4 Å². The van der Waals surface area contributed by atoms with E-state index >= 15 is 0 Å². The summed E-state index contributed by atoms with van der Waals surface area (Å²) in [5.74, 6) is 0. The average molecular weight is 230 g/mol. The third kappa shape index (κ3) is 3.06. The second-order valence-corrected chi connectivity index (χ2v) is 3.46. The van der Waals surface area contributed by atoms with Crippen LogP contribution in [0.3, 0.4) is 0 Å². The van der Waals surface area contributed by atoms with E-state index < -0.39 is 5.69 Å². The minimum atomic E-state index is -0.495. The zero-order valence-corrected chi connectivity index (χ0v) is 9.36. The molecule has 15 heavy (non-hydrogen) atoms. The minimum Gasteiger partial charge on any atom is -0.462 e. The molecular weight excluding hydrogens is 218 g/mol. The highest BCUT2D eigenvalue weighted by Gasteiger charge is 2.10. The summed E-state index contributed by atoms with van der Waals surface area (Å²) in [6.45, 7) is 7.49. The van der Waals surface area contributed by atoms with Gasteiger partial charge in [0.1, 0.15) is 0 Å². The Balaban J connectivity index is 3.20. The van der Waals surface area contributed by atoms with Crippen molar-refractivity contribution >= 4 is 11.6 Å². The lowest BCUT2D eigenvalue weighted by Gasteiger charge is -2.12. The first-order valence-corrected chi connectivity index (χ1v) is 4.84. The molecule has 0 amide bonds. The molecule has 0 aliphatic heterocycles. The van der Waals surface area contributed by atoms with Crippen LogP contribution in [0, 0.1) is 0 Å². The monoisotopic (exact) mass is 229 g/mol. The number of allylic oxidation sites excluding steroid dienone is 1. The zero-order valence-electron chi connectivity index (χ0n) is 8.61. The lowest BCUT2D eigenvalue weighted by molar-refractivity contribution is 0.207. The van der Waals surface area contributed by atoms with Gasteiger partial charge in [-0.1, -0.05) is 6.08 Å². The van der Waals surface area contributed by atoms with Gasteiger partial charge in [0.05, 0.1) is 12.6 Å². The summed E-state index contributed by atoms with van der Waals surface area (Å²) in [6.07, 6.45) is 1.47. The molecule has 0 atom stereocenters. The van der Waals surface area contributed by atoms with Gasteiger partial charge in [-0.15, -0.1) is 6.58 Å². The first-order chi connectivity index (χ1) is 7.04. The summed E-state index contributed by atoms with van der Waals surface area (Å²) >= 11 is 5.56. The number of nitrogens with zero attached hydrogens (tertiary/aromatic N) is 3. The molecular formula is C9H12ClN3O2. The summed E-state index contributed by atoms with van der Waals surface area (Å²) in [5.41, 5.74) is -0.495. The molecule has 0 aliphatic carbocycles. The number of hydrogen-bond acceptors (Lipinski definition) is 4. The highest BCUT2D eigenvalue weighted by Crippen LogP contribution is 2.09. The Bertz CT molecular complexity index is 414. The molecule has 0 aromatic carbocycles. The van der Waals surface area contributed by atoms with Crippen LogP contribution in [0.1, 0.15) is 13.8 Å². The van der Waals surface area contributed by atoms with Crippen molar-refractivity contribution in [3.05, 3.63) is 28.4 Å². The van der Waals surface area contributed by atoms with Gasteiger partial charge in [0, 0.05) is 0 Å². The Morgan fingerprint density at radius 1 is 1.60 bits per heavy atom. The molecule has 1 heterocycles. The maximum atomic E-state index is 11.4. The summed E-state index contributed by atoms with van der Waals surface area (Å²) in [7, 11) is 0. The van der Waals surface area contributed by atoms with Gasteiger partial charge in [0.2, 0.25) is 5.28 Å². The van der Waals surface area contributed by atoms with E-state index in [2.05, 4.69) is 16.5 Å². The molecule has 1 aromatic heterocycles. The van der Waals surface area contributed by atoms with Crippen molar-refractivity contribution in [2.75, 3.05) is 0 Å². The van der Waals surface area contributed by atoms with Crippen LogP contribution in [0.5, 0.6) is 6.01 Å². The molecule has 0 bridgehead atoms. The average Bonchev–Trinajstić information content (AvgIpc) is 2.10. The smallest absolute Gasteiger partial charge is 0.354 e. The van der Waals surface area contributed by atoms with E-state index in [9.17, 15) is 4.79 Å². The Morgan fingerprint density at radius 3 is 2.80 bits per heavy atom. The molecule has 6 heteroatoms. The van der Waals surface area contributed by atoms with E-state index in [1.807, 2.05) is 13.8 Å². The lowest BCUT2D eigenvalue weighted by Crippen LogP contribution is -2.27. The molecule has 1 aromatic rings. The second-order valence-electron chi connectivity index (χ2n) is 3.12. The maximum Gasteiger partial charge on any atom is 0.354 e. The van der Waals surface area contributed by atoms with Gasteiger partial charge in [0.25, 0.3) is 0 Å². The van der Waals surface area contributed by atoms with Crippen LogP contribution in [-0.4, -0.2) is 20.6 Å². The Morgan fingerprint density at radius 2 is 2.27 bits per heavy atom. The van der Waals surface area contributed by atoms with E-state index in [1.165, 1.54) is 4.57 Å². The van der Waals surface area contributed by atoms with Crippen molar-refractivity contribution in [1.29, 1.82) is 0 Å². The first-order valence-electron chi connectivity index (χ1n) is 4.46. The van der Waals surface area contributed by atoms with Crippen LogP contribution in [0.4, 0.5) is 0 Å². The van der Waals surface area contributed by atoms with Crippen LogP contribution in [-0.2, 0) is 6.54 Å². The van der Waals surface area contributed by atoms with Crippen LogP contribution in [0.25, 0.3) is 0 Å². The summed E-state index contributed by atoms with van der Waals surface area (Å²) < 4.78 is 6.60. The molecule has 82 valence electrons. The van der Waals surface area contributed by atoms with E-state index in [0.717, 1.165) is 0 Å². The van der Waals surface area contributed by atoms with Gasteiger partial charge in [-0.3, -0.25) is 0 Å². The minimum absolute atomic E-state index is 0.0913. The molecule has 0 unspecified atom stereocenters. The van der Waals surface area contributed by atoms with E-state index in [0.29, 0.717) is 0 Å². The quantitative estimate of drug-likeness (QED) is 0.730. The summed E-state index contributed by atoms with van der Waals surface area (Å²) in [6, 6.07) is 0.162. The standard InChI is InChI=1S/C9H12ClN3O2/c1-4-5-13-8(14)11-7(10)12-9(13)15-6(2)3/h4,6H,1,5H2,2-3H3. The molecule has 0 spiro atoms. The third-order valence-corrected chi connectivity index (χ3v) is 1.66. The molecule has 0 fully saturated rings. The van der Waals surface area contributed by atoms with Gasteiger partial charge in [-0.25, -0.2) is 9.36 Å².